The summed E-state index contributed by atoms with van der Waals surface area (Å²) < 4.78 is 26.9. The second-order valence-corrected chi connectivity index (χ2v) is 6.76. The minimum Gasteiger partial charge on any atom is -0.324 e. The van der Waals surface area contributed by atoms with Gasteiger partial charge in [0.1, 0.15) is 0 Å². The van der Waals surface area contributed by atoms with E-state index in [9.17, 15) is 8.42 Å². The van der Waals surface area contributed by atoms with Gasteiger partial charge in [-0.05, 0) is 36.6 Å². The lowest BCUT2D eigenvalue weighted by atomic mass is 10.1. The van der Waals surface area contributed by atoms with E-state index in [4.69, 9.17) is 5.73 Å². The van der Waals surface area contributed by atoms with Crippen molar-refractivity contribution in [2.24, 2.45) is 5.73 Å². The van der Waals surface area contributed by atoms with Crippen molar-refractivity contribution >= 4 is 10.0 Å². The summed E-state index contributed by atoms with van der Waals surface area (Å²) in [6.07, 6.45) is 0.665. The van der Waals surface area contributed by atoms with E-state index in [1.54, 1.807) is 24.3 Å². The van der Waals surface area contributed by atoms with Crippen LogP contribution in [0.2, 0.25) is 0 Å². The maximum Gasteiger partial charge on any atom is 0.240 e. The van der Waals surface area contributed by atoms with Gasteiger partial charge in [0.2, 0.25) is 10.0 Å². The minimum absolute atomic E-state index is 0.104. The number of benzene rings is 2. The Morgan fingerprint density at radius 1 is 1.05 bits per heavy atom. The van der Waals surface area contributed by atoms with Crippen molar-refractivity contribution in [1.82, 2.24) is 4.72 Å². The standard InChI is InChI=1S/C16H20N2O2S/c1-13(17)15-7-9-16(10-8-15)21(19,20)18-12-11-14-5-3-2-4-6-14/h2-10,13,18H,11-12,17H2,1H3. The molecule has 2 aromatic carbocycles. The van der Waals surface area contributed by atoms with Gasteiger partial charge in [0, 0.05) is 12.6 Å². The third-order valence-corrected chi connectivity index (χ3v) is 4.74. The Hall–Kier alpha value is -1.69. The van der Waals surface area contributed by atoms with Gasteiger partial charge in [-0.3, -0.25) is 0 Å². The van der Waals surface area contributed by atoms with Crippen molar-refractivity contribution in [3.8, 4) is 0 Å². The fraction of sp³-hybridized carbons (Fsp3) is 0.250. The van der Waals surface area contributed by atoms with Gasteiger partial charge >= 0.3 is 0 Å². The summed E-state index contributed by atoms with van der Waals surface area (Å²) in [6.45, 7) is 2.24. The Bertz CT molecular complexity index is 665. The molecule has 2 rings (SSSR count). The van der Waals surface area contributed by atoms with E-state index in [0.29, 0.717) is 13.0 Å². The van der Waals surface area contributed by atoms with Gasteiger partial charge in [0.15, 0.2) is 0 Å². The first kappa shape index (κ1) is 15.7. The zero-order chi connectivity index (χ0) is 15.3. The zero-order valence-corrected chi connectivity index (χ0v) is 12.8. The number of sulfonamides is 1. The van der Waals surface area contributed by atoms with Crippen molar-refractivity contribution in [2.75, 3.05) is 6.54 Å². The molecule has 0 amide bonds. The Kier molecular flexibility index (Phi) is 5.12. The molecule has 0 fully saturated rings. The molecule has 0 aliphatic rings. The van der Waals surface area contributed by atoms with Crippen LogP contribution in [0.15, 0.2) is 59.5 Å². The van der Waals surface area contributed by atoms with Crippen LogP contribution in [0.4, 0.5) is 0 Å². The van der Waals surface area contributed by atoms with Gasteiger partial charge in [-0.15, -0.1) is 0 Å². The third kappa shape index (κ3) is 4.39. The minimum atomic E-state index is -3.46. The highest BCUT2D eigenvalue weighted by atomic mass is 32.2. The lowest BCUT2D eigenvalue weighted by Gasteiger charge is -2.09. The van der Waals surface area contributed by atoms with Gasteiger partial charge in [-0.1, -0.05) is 42.5 Å². The lowest BCUT2D eigenvalue weighted by molar-refractivity contribution is 0.581. The molecule has 0 aliphatic carbocycles. The van der Waals surface area contributed by atoms with E-state index < -0.39 is 10.0 Å². The van der Waals surface area contributed by atoms with E-state index in [1.807, 2.05) is 37.3 Å². The van der Waals surface area contributed by atoms with Crippen LogP contribution in [0.5, 0.6) is 0 Å². The highest BCUT2D eigenvalue weighted by molar-refractivity contribution is 7.89. The average molecular weight is 304 g/mol. The molecule has 0 bridgehead atoms. The van der Waals surface area contributed by atoms with Gasteiger partial charge in [0.05, 0.1) is 4.90 Å². The molecule has 4 nitrogen and oxygen atoms in total. The van der Waals surface area contributed by atoms with E-state index >= 15 is 0 Å². The zero-order valence-electron chi connectivity index (χ0n) is 12.0. The van der Waals surface area contributed by atoms with Crippen molar-refractivity contribution in [3.05, 3.63) is 65.7 Å². The monoisotopic (exact) mass is 304 g/mol. The first-order valence-electron chi connectivity index (χ1n) is 6.88. The van der Waals surface area contributed by atoms with Crippen LogP contribution >= 0.6 is 0 Å². The molecule has 0 radical (unpaired) electrons. The predicted molar refractivity (Wildman–Crippen MR) is 84.4 cm³/mol. The highest BCUT2D eigenvalue weighted by Crippen LogP contribution is 2.14. The summed E-state index contributed by atoms with van der Waals surface area (Å²) >= 11 is 0. The van der Waals surface area contributed by atoms with Crippen LogP contribution in [-0.2, 0) is 16.4 Å². The highest BCUT2D eigenvalue weighted by Gasteiger charge is 2.13. The number of hydrogen-bond donors (Lipinski definition) is 2. The summed E-state index contributed by atoms with van der Waals surface area (Å²) in [7, 11) is -3.46. The largest absolute Gasteiger partial charge is 0.324 e. The van der Waals surface area contributed by atoms with Crippen molar-refractivity contribution < 1.29 is 8.42 Å². The second-order valence-electron chi connectivity index (χ2n) is 4.99. The normalized spacial score (nSPS) is 13.0. The third-order valence-electron chi connectivity index (χ3n) is 3.26. The summed E-state index contributed by atoms with van der Waals surface area (Å²) in [5.41, 5.74) is 7.77. The van der Waals surface area contributed by atoms with Gasteiger partial charge < -0.3 is 5.73 Å². The van der Waals surface area contributed by atoms with Gasteiger partial charge in [-0.2, -0.15) is 0 Å². The number of nitrogens with two attached hydrogens (primary N) is 1. The molecule has 0 saturated carbocycles. The molecule has 112 valence electrons. The quantitative estimate of drug-likeness (QED) is 0.859. The molecule has 2 aromatic rings. The first-order valence-corrected chi connectivity index (χ1v) is 8.36. The molecule has 0 aromatic heterocycles. The van der Waals surface area contributed by atoms with Crippen LogP contribution in [0, 0.1) is 0 Å². The maximum absolute atomic E-state index is 12.2. The Morgan fingerprint density at radius 3 is 2.24 bits per heavy atom. The Labute approximate surface area is 126 Å². The fourth-order valence-corrected chi connectivity index (χ4v) is 3.04. The van der Waals surface area contributed by atoms with Crippen LogP contribution in [0.1, 0.15) is 24.1 Å². The maximum atomic E-state index is 12.2. The smallest absolute Gasteiger partial charge is 0.240 e. The molecule has 5 heteroatoms. The summed E-state index contributed by atoms with van der Waals surface area (Å²) in [4.78, 5) is 0.264. The van der Waals surface area contributed by atoms with Crippen LogP contribution in [-0.4, -0.2) is 15.0 Å². The van der Waals surface area contributed by atoms with Gasteiger partial charge in [-0.25, -0.2) is 13.1 Å². The molecular formula is C16H20N2O2S. The Morgan fingerprint density at radius 2 is 1.67 bits per heavy atom. The summed E-state index contributed by atoms with van der Waals surface area (Å²) in [5.74, 6) is 0. The SMILES string of the molecule is CC(N)c1ccc(S(=O)(=O)NCCc2ccccc2)cc1. The second kappa shape index (κ2) is 6.85. The van der Waals surface area contributed by atoms with E-state index in [2.05, 4.69) is 4.72 Å². The molecule has 21 heavy (non-hydrogen) atoms. The molecule has 0 saturated heterocycles. The fourth-order valence-electron chi connectivity index (χ4n) is 2.01. The predicted octanol–water partition coefficient (Wildman–Crippen LogP) is 2.23. The van der Waals surface area contributed by atoms with E-state index in [0.717, 1.165) is 11.1 Å². The van der Waals surface area contributed by atoms with Crippen LogP contribution < -0.4 is 10.5 Å². The van der Waals surface area contributed by atoms with E-state index in [-0.39, 0.29) is 10.9 Å². The topological polar surface area (TPSA) is 72.2 Å². The number of rotatable bonds is 6. The van der Waals surface area contributed by atoms with Crippen LogP contribution in [0.25, 0.3) is 0 Å². The molecule has 0 spiro atoms. The lowest BCUT2D eigenvalue weighted by Crippen LogP contribution is -2.26. The van der Waals surface area contributed by atoms with E-state index in [1.165, 1.54) is 0 Å². The average Bonchev–Trinajstić information content (AvgIpc) is 2.48. The Balaban J connectivity index is 1.98. The van der Waals surface area contributed by atoms with Crippen molar-refractivity contribution in [3.63, 3.8) is 0 Å². The molecule has 1 unspecified atom stereocenters. The molecular weight excluding hydrogens is 284 g/mol. The molecule has 3 N–H and O–H groups in total. The summed E-state index contributed by atoms with van der Waals surface area (Å²) in [5, 5.41) is 0. The van der Waals surface area contributed by atoms with Crippen LogP contribution in [0.3, 0.4) is 0 Å². The van der Waals surface area contributed by atoms with Crippen molar-refractivity contribution in [2.45, 2.75) is 24.3 Å². The first-order chi connectivity index (χ1) is 9.99. The van der Waals surface area contributed by atoms with Crippen molar-refractivity contribution in [1.29, 1.82) is 0 Å². The molecule has 0 heterocycles. The number of nitrogens with one attached hydrogen (secondary N) is 1. The molecule has 0 aliphatic heterocycles. The summed E-state index contributed by atoms with van der Waals surface area (Å²) in [6, 6.07) is 16.3. The molecule has 1 atom stereocenters. The number of hydrogen-bond acceptors (Lipinski definition) is 3. The van der Waals surface area contributed by atoms with Gasteiger partial charge in [0.25, 0.3) is 0 Å².